The molecule has 3 N–H and O–H groups in total. The fourth-order valence-electron chi connectivity index (χ4n) is 2.67. The number of carbonyl (C=O) groups is 3. The van der Waals surface area contributed by atoms with Crippen LogP contribution in [0.15, 0.2) is 0 Å². The monoisotopic (exact) mass is 566 g/mol. The van der Waals surface area contributed by atoms with Crippen molar-refractivity contribution in [3.8, 4) is 0 Å². The van der Waals surface area contributed by atoms with Crippen molar-refractivity contribution in [1.82, 2.24) is 0 Å². The highest BCUT2D eigenvalue weighted by Crippen LogP contribution is 2.07. The lowest BCUT2D eigenvalue weighted by atomic mass is 10.1. The van der Waals surface area contributed by atoms with Gasteiger partial charge in [0, 0.05) is 0 Å². The molecule has 0 bridgehead atoms. The molecule has 12 nitrogen and oxygen atoms in total. The van der Waals surface area contributed by atoms with Crippen LogP contribution in [0.5, 0.6) is 0 Å². The Kier molecular flexibility index (Phi) is 20.9. The average molecular weight is 567 g/mol. The van der Waals surface area contributed by atoms with Gasteiger partial charge >= 0.3 is 17.9 Å². The Labute approximate surface area is 232 Å². The van der Waals surface area contributed by atoms with Crippen molar-refractivity contribution in [3.63, 3.8) is 0 Å². The van der Waals surface area contributed by atoms with Crippen molar-refractivity contribution in [3.05, 3.63) is 0 Å². The fraction of sp³-hybridized carbons (Fsp3) is 0.889. The number of aliphatic hydroxyl groups excluding tert-OH is 3. The van der Waals surface area contributed by atoms with E-state index in [1.165, 1.54) is 0 Å². The second-order valence-electron chi connectivity index (χ2n) is 9.81. The van der Waals surface area contributed by atoms with Gasteiger partial charge in [-0.25, -0.2) is 0 Å². The Morgan fingerprint density at radius 3 is 1.13 bits per heavy atom. The zero-order valence-corrected chi connectivity index (χ0v) is 24.3. The van der Waals surface area contributed by atoms with E-state index in [9.17, 15) is 29.7 Å². The van der Waals surface area contributed by atoms with E-state index in [-0.39, 0.29) is 70.6 Å². The van der Waals surface area contributed by atoms with E-state index < -0.39 is 42.3 Å². The minimum absolute atomic E-state index is 0.0468. The first-order valence-corrected chi connectivity index (χ1v) is 13.8. The molecule has 0 amide bonds. The Morgan fingerprint density at radius 2 is 0.821 bits per heavy atom. The van der Waals surface area contributed by atoms with Crippen LogP contribution in [0.4, 0.5) is 0 Å². The number of aliphatic hydroxyl groups is 3. The van der Waals surface area contributed by atoms with Gasteiger partial charge in [0.2, 0.25) is 0 Å². The molecular weight excluding hydrogens is 516 g/mol. The van der Waals surface area contributed by atoms with Crippen LogP contribution in [-0.4, -0.2) is 110 Å². The van der Waals surface area contributed by atoms with Crippen LogP contribution < -0.4 is 0 Å². The van der Waals surface area contributed by atoms with Gasteiger partial charge in [0.15, 0.2) is 0 Å². The largest absolute Gasteiger partial charge is 0.463 e. The van der Waals surface area contributed by atoms with Crippen molar-refractivity contribution in [2.45, 2.75) is 85.2 Å². The summed E-state index contributed by atoms with van der Waals surface area (Å²) >= 11 is 0. The summed E-state index contributed by atoms with van der Waals surface area (Å²) in [6, 6.07) is 0. The molecule has 0 spiro atoms. The van der Waals surface area contributed by atoms with Crippen molar-refractivity contribution in [2.75, 3.05) is 52.9 Å². The van der Waals surface area contributed by atoms with Crippen LogP contribution in [0.2, 0.25) is 0 Å². The van der Waals surface area contributed by atoms with E-state index >= 15 is 0 Å². The summed E-state index contributed by atoms with van der Waals surface area (Å²) in [7, 11) is 0. The zero-order chi connectivity index (χ0) is 29.8. The third-order valence-electron chi connectivity index (χ3n) is 6.05. The van der Waals surface area contributed by atoms with E-state index in [0.29, 0.717) is 19.3 Å². The van der Waals surface area contributed by atoms with Gasteiger partial charge in [-0.05, 0) is 19.3 Å². The SMILES string of the molecule is CCC(C)C(=O)OCC(O)COCC(COCC(O)COC(=O)C(C)CC)OCC(O)COC(=O)C(C)CC. The highest BCUT2D eigenvalue weighted by molar-refractivity contribution is 5.72. The molecule has 39 heavy (non-hydrogen) atoms. The van der Waals surface area contributed by atoms with Crippen molar-refractivity contribution in [1.29, 1.82) is 0 Å². The van der Waals surface area contributed by atoms with Gasteiger partial charge in [0.05, 0.1) is 50.8 Å². The Bertz CT molecular complexity index is 635. The van der Waals surface area contributed by atoms with Gasteiger partial charge in [0.25, 0.3) is 0 Å². The minimum Gasteiger partial charge on any atom is -0.463 e. The number of hydrogen-bond acceptors (Lipinski definition) is 12. The van der Waals surface area contributed by atoms with Crippen molar-refractivity contribution < 1.29 is 58.1 Å². The molecule has 6 unspecified atom stereocenters. The van der Waals surface area contributed by atoms with Crippen LogP contribution in [0, 0.1) is 17.8 Å². The molecule has 0 heterocycles. The lowest BCUT2D eigenvalue weighted by Crippen LogP contribution is -2.35. The number of ether oxygens (including phenoxy) is 6. The molecule has 0 fully saturated rings. The van der Waals surface area contributed by atoms with Gasteiger partial charge in [-0.1, -0.05) is 41.5 Å². The molecule has 12 heteroatoms. The van der Waals surface area contributed by atoms with Gasteiger partial charge in [-0.15, -0.1) is 0 Å². The Balaban J connectivity index is 4.67. The maximum atomic E-state index is 11.8. The molecule has 0 aromatic rings. The topological polar surface area (TPSA) is 167 Å². The lowest BCUT2D eigenvalue weighted by molar-refractivity contribution is -0.156. The first kappa shape index (κ1) is 37.2. The highest BCUT2D eigenvalue weighted by Gasteiger charge is 2.20. The molecule has 0 saturated heterocycles. The third-order valence-corrected chi connectivity index (χ3v) is 6.05. The maximum absolute atomic E-state index is 11.8. The normalized spacial score (nSPS) is 16.8. The number of carbonyl (C=O) groups excluding carboxylic acids is 3. The van der Waals surface area contributed by atoms with E-state index in [2.05, 4.69) is 0 Å². The molecule has 0 aliphatic rings. The van der Waals surface area contributed by atoms with Crippen molar-refractivity contribution >= 4 is 17.9 Å². The number of rotatable bonds is 23. The number of hydrogen-bond donors (Lipinski definition) is 3. The molecular formula is C27H50O12. The second-order valence-corrected chi connectivity index (χ2v) is 9.81. The predicted octanol–water partition coefficient (Wildman–Crippen LogP) is 1.26. The molecule has 0 radical (unpaired) electrons. The highest BCUT2D eigenvalue weighted by atomic mass is 16.6. The molecule has 230 valence electrons. The van der Waals surface area contributed by atoms with E-state index in [0.717, 1.165) is 0 Å². The van der Waals surface area contributed by atoms with Crippen molar-refractivity contribution in [2.24, 2.45) is 17.8 Å². The summed E-state index contributed by atoms with van der Waals surface area (Å²) in [5, 5.41) is 30.2. The first-order valence-electron chi connectivity index (χ1n) is 13.8. The summed E-state index contributed by atoms with van der Waals surface area (Å²) in [4.78, 5) is 35.3. The van der Waals surface area contributed by atoms with Gasteiger partial charge < -0.3 is 43.7 Å². The molecule has 0 aromatic carbocycles. The van der Waals surface area contributed by atoms with E-state index in [1.807, 2.05) is 20.8 Å². The summed E-state index contributed by atoms with van der Waals surface area (Å²) in [6.07, 6.45) is -2.02. The smallest absolute Gasteiger partial charge is 0.308 e. The summed E-state index contributed by atoms with van der Waals surface area (Å²) < 4.78 is 31.8. The molecule has 0 aromatic heterocycles. The molecule has 6 atom stereocenters. The fourth-order valence-corrected chi connectivity index (χ4v) is 2.67. The van der Waals surface area contributed by atoms with Gasteiger partial charge in [-0.3, -0.25) is 14.4 Å². The van der Waals surface area contributed by atoms with Gasteiger partial charge in [-0.2, -0.15) is 0 Å². The molecule has 0 aliphatic carbocycles. The second kappa shape index (κ2) is 21.9. The Hall–Kier alpha value is -1.83. The predicted molar refractivity (Wildman–Crippen MR) is 141 cm³/mol. The van der Waals surface area contributed by atoms with Crippen LogP contribution >= 0.6 is 0 Å². The third kappa shape index (κ3) is 18.2. The van der Waals surface area contributed by atoms with Crippen LogP contribution in [0.25, 0.3) is 0 Å². The van der Waals surface area contributed by atoms with Crippen LogP contribution in [0.1, 0.15) is 60.8 Å². The standard InChI is InChI=1S/C27H50O12/c1-7-18(4)25(31)37-13-21(28)10-34-16-24(36-12-23(30)15-39-27(33)20(6)9-3)17-35-11-22(29)14-38-26(32)19(5)8-2/h18-24,28-30H,7-17H2,1-6H3. The quantitative estimate of drug-likeness (QED) is 0.120. The van der Waals surface area contributed by atoms with E-state index in [1.54, 1.807) is 20.8 Å². The average Bonchev–Trinajstić information content (AvgIpc) is 2.93. The molecule has 0 saturated carbocycles. The zero-order valence-electron chi connectivity index (χ0n) is 24.3. The maximum Gasteiger partial charge on any atom is 0.308 e. The summed E-state index contributed by atoms with van der Waals surface area (Å²) in [5.74, 6) is -2.02. The summed E-state index contributed by atoms with van der Waals surface area (Å²) in [5.41, 5.74) is 0. The first-order chi connectivity index (χ1) is 18.4. The number of esters is 3. The lowest BCUT2D eigenvalue weighted by Gasteiger charge is -2.22. The molecule has 0 rings (SSSR count). The van der Waals surface area contributed by atoms with Crippen LogP contribution in [-0.2, 0) is 42.8 Å². The Morgan fingerprint density at radius 1 is 0.513 bits per heavy atom. The molecule has 0 aliphatic heterocycles. The van der Waals surface area contributed by atoms with Crippen LogP contribution in [0.3, 0.4) is 0 Å². The van der Waals surface area contributed by atoms with E-state index in [4.69, 9.17) is 28.4 Å². The summed E-state index contributed by atoms with van der Waals surface area (Å²) in [6.45, 7) is 9.55. The van der Waals surface area contributed by atoms with Gasteiger partial charge in [0.1, 0.15) is 44.2 Å². The minimum atomic E-state index is -1.09.